The second-order valence-electron chi connectivity index (χ2n) is 8.78. The van der Waals surface area contributed by atoms with E-state index in [-0.39, 0.29) is 13.2 Å². The van der Waals surface area contributed by atoms with Gasteiger partial charge < -0.3 is 18.9 Å². The number of rotatable bonds is 12. The number of hydrogen-bond donors (Lipinski definition) is 0. The van der Waals surface area contributed by atoms with E-state index in [4.69, 9.17) is 18.9 Å². The highest BCUT2D eigenvalue weighted by Crippen LogP contribution is 2.17. The molecule has 0 aliphatic rings. The van der Waals surface area contributed by atoms with Crippen molar-refractivity contribution in [2.45, 2.75) is 6.42 Å². The van der Waals surface area contributed by atoms with E-state index in [1.54, 1.807) is 75.2 Å². The first-order valence-electron chi connectivity index (χ1n) is 12.9. The van der Waals surface area contributed by atoms with E-state index in [0.717, 1.165) is 22.6 Å². The lowest BCUT2D eigenvalue weighted by molar-refractivity contribution is 0.0396. The van der Waals surface area contributed by atoms with Gasteiger partial charge in [-0.05, 0) is 108 Å². The first kappa shape index (κ1) is 28.8. The molecule has 8 heteroatoms. The standard InChI is InChI=1S/C33H30N2O6/c1-38-30-16-4-24(5-17-30)22-34-28-12-8-26(9-13-28)32(36)40-20-3-21-41-33(37)27-10-14-29(15-11-27)35-23-25-6-18-31(39-2)19-7-25/h4-19,22-23H,3,20-21H2,1-2H3. The third-order valence-electron chi connectivity index (χ3n) is 5.92. The van der Waals surface area contributed by atoms with E-state index in [1.807, 2.05) is 48.5 Å². The van der Waals surface area contributed by atoms with Crippen molar-refractivity contribution >= 4 is 35.7 Å². The SMILES string of the molecule is COc1ccc(C=Nc2ccc(C(=O)OCCCOC(=O)c3ccc(N=Cc4ccc(OC)cc4)cc3)cc2)cc1. The van der Waals surface area contributed by atoms with Crippen molar-refractivity contribution in [3.8, 4) is 11.5 Å². The molecule has 4 aromatic carbocycles. The van der Waals surface area contributed by atoms with Crippen LogP contribution in [0.15, 0.2) is 107 Å². The van der Waals surface area contributed by atoms with Crippen LogP contribution in [0, 0.1) is 0 Å². The van der Waals surface area contributed by atoms with Crippen LogP contribution in [0.25, 0.3) is 0 Å². The van der Waals surface area contributed by atoms with Crippen LogP contribution < -0.4 is 9.47 Å². The molecule has 0 bridgehead atoms. The average molecular weight is 551 g/mol. The third kappa shape index (κ3) is 8.90. The molecule has 0 unspecified atom stereocenters. The molecule has 0 fully saturated rings. The van der Waals surface area contributed by atoms with Crippen molar-refractivity contribution in [3.05, 3.63) is 119 Å². The maximum absolute atomic E-state index is 12.3. The summed E-state index contributed by atoms with van der Waals surface area (Å²) in [5.41, 5.74) is 4.12. The number of esters is 2. The van der Waals surface area contributed by atoms with Gasteiger partial charge in [-0.15, -0.1) is 0 Å². The van der Waals surface area contributed by atoms with Gasteiger partial charge in [-0.1, -0.05) is 0 Å². The van der Waals surface area contributed by atoms with Crippen molar-refractivity contribution in [2.75, 3.05) is 27.4 Å². The number of methoxy groups -OCH3 is 2. The van der Waals surface area contributed by atoms with Crippen molar-refractivity contribution in [2.24, 2.45) is 9.98 Å². The van der Waals surface area contributed by atoms with E-state index in [0.29, 0.717) is 28.9 Å². The number of nitrogens with zero attached hydrogens (tertiary/aromatic N) is 2. The second-order valence-corrected chi connectivity index (χ2v) is 8.78. The molecule has 0 atom stereocenters. The van der Waals surface area contributed by atoms with Gasteiger partial charge in [-0.3, -0.25) is 9.98 Å². The number of aliphatic imine (C=N–C) groups is 2. The third-order valence-corrected chi connectivity index (χ3v) is 5.92. The van der Waals surface area contributed by atoms with Gasteiger partial charge in [0.1, 0.15) is 11.5 Å². The van der Waals surface area contributed by atoms with Crippen molar-refractivity contribution in [1.29, 1.82) is 0 Å². The lowest BCUT2D eigenvalue weighted by Gasteiger charge is -2.07. The van der Waals surface area contributed by atoms with Gasteiger partial charge in [0.15, 0.2) is 0 Å². The Morgan fingerprint density at radius 1 is 0.561 bits per heavy atom. The van der Waals surface area contributed by atoms with Crippen LogP contribution in [0.2, 0.25) is 0 Å². The van der Waals surface area contributed by atoms with E-state index >= 15 is 0 Å². The van der Waals surface area contributed by atoms with Gasteiger partial charge >= 0.3 is 11.9 Å². The molecule has 0 spiro atoms. The largest absolute Gasteiger partial charge is 0.497 e. The molecule has 4 rings (SSSR count). The fourth-order valence-corrected chi connectivity index (χ4v) is 3.60. The molecule has 0 aliphatic heterocycles. The van der Waals surface area contributed by atoms with Crippen molar-refractivity contribution in [1.82, 2.24) is 0 Å². The summed E-state index contributed by atoms with van der Waals surface area (Å²) in [6.45, 7) is 0.255. The van der Waals surface area contributed by atoms with Crippen LogP contribution in [-0.4, -0.2) is 51.8 Å². The number of ether oxygens (including phenoxy) is 4. The second kappa shape index (κ2) is 14.8. The smallest absolute Gasteiger partial charge is 0.338 e. The van der Waals surface area contributed by atoms with E-state index in [9.17, 15) is 9.59 Å². The first-order valence-corrected chi connectivity index (χ1v) is 12.9. The topological polar surface area (TPSA) is 95.8 Å². The van der Waals surface area contributed by atoms with Gasteiger partial charge in [0.25, 0.3) is 0 Å². The molecule has 0 aliphatic carbocycles. The molecule has 0 saturated heterocycles. The molecular weight excluding hydrogens is 520 g/mol. The van der Waals surface area contributed by atoms with E-state index < -0.39 is 11.9 Å². The lowest BCUT2D eigenvalue weighted by Crippen LogP contribution is -2.11. The Hall–Kier alpha value is -5.24. The molecule has 0 radical (unpaired) electrons. The minimum atomic E-state index is -0.451. The highest BCUT2D eigenvalue weighted by atomic mass is 16.5. The molecule has 208 valence electrons. The van der Waals surface area contributed by atoms with Crippen LogP contribution in [0.1, 0.15) is 38.3 Å². The Balaban J connectivity index is 1.15. The number of hydrogen-bond acceptors (Lipinski definition) is 8. The summed E-state index contributed by atoms with van der Waals surface area (Å²) >= 11 is 0. The molecule has 8 nitrogen and oxygen atoms in total. The highest BCUT2D eigenvalue weighted by molar-refractivity contribution is 5.91. The summed E-state index contributed by atoms with van der Waals surface area (Å²) in [6, 6.07) is 28.7. The normalized spacial score (nSPS) is 11.0. The van der Waals surface area contributed by atoms with Gasteiger partial charge in [0.05, 0.1) is 49.9 Å². The molecule has 0 saturated carbocycles. The summed E-state index contributed by atoms with van der Waals surface area (Å²) < 4.78 is 20.9. The van der Waals surface area contributed by atoms with Crippen LogP contribution in [0.4, 0.5) is 11.4 Å². The first-order chi connectivity index (χ1) is 20.0. The molecule has 0 aromatic heterocycles. The maximum Gasteiger partial charge on any atom is 0.338 e. The zero-order valence-electron chi connectivity index (χ0n) is 22.9. The van der Waals surface area contributed by atoms with Crippen LogP contribution in [-0.2, 0) is 9.47 Å². The number of benzene rings is 4. The van der Waals surface area contributed by atoms with Crippen molar-refractivity contribution in [3.63, 3.8) is 0 Å². The minimum absolute atomic E-state index is 0.127. The molecule has 0 amide bonds. The average Bonchev–Trinajstić information content (AvgIpc) is 3.03. The predicted molar refractivity (Wildman–Crippen MR) is 159 cm³/mol. The van der Waals surface area contributed by atoms with Gasteiger partial charge in [-0.25, -0.2) is 9.59 Å². The van der Waals surface area contributed by atoms with Crippen LogP contribution in [0.5, 0.6) is 11.5 Å². The molecule has 0 N–H and O–H groups in total. The van der Waals surface area contributed by atoms with Gasteiger partial charge in [0.2, 0.25) is 0 Å². The fourth-order valence-electron chi connectivity index (χ4n) is 3.60. The number of carbonyl (C=O) groups is 2. The van der Waals surface area contributed by atoms with Crippen LogP contribution in [0.3, 0.4) is 0 Å². The summed E-state index contributed by atoms with van der Waals surface area (Å²) in [6.07, 6.45) is 3.85. The Morgan fingerprint density at radius 2 is 0.927 bits per heavy atom. The zero-order chi connectivity index (χ0) is 28.9. The molecule has 41 heavy (non-hydrogen) atoms. The van der Waals surface area contributed by atoms with Crippen molar-refractivity contribution < 1.29 is 28.5 Å². The Bertz CT molecular complexity index is 1360. The Kier molecular flexibility index (Phi) is 10.4. The molecule has 4 aromatic rings. The number of carbonyl (C=O) groups excluding carboxylic acids is 2. The van der Waals surface area contributed by atoms with Gasteiger partial charge in [-0.2, -0.15) is 0 Å². The van der Waals surface area contributed by atoms with E-state index in [1.165, 1.54) is 0 Å². The minimum Gasteiger partial charge on any atom is -0.497 e. The summed E-state index contributed by atoms with van der Waals surface area (Å²) in [5.74, 6) is 0.656. The maximum atomic E-state index is 12.3. The highest BCUT2D eigenvalue weighted by Gasteiger charge is 2.09. The Labute approximate surface area is 238 Å². The fraction of sp³-hybridized carbons (Fsp3) is 0.152. The summed E-state index contributed by atoms with van der Waals surface area (Å²) in [5, 5.41) is 0. The molecular formula is C33H30N2O6. The lowest BCUT2D eigenvalue weighted by atomic mass is 10.2. The van der Waals surface area contributed by atoms with Crippen LogP contribution >= 0.6 is 0 Å². The quantitative estimate of drug-likeness (QED) is 0.112. The Morgan fingerprint density at radius 3 is 1.27 bits per heavy atom. The predicted octanol–water partition coefficient (Wildman–Crippen LogP) is 6.61. The van der Waals surface area contributed by atoms with Gasteiger partial charge in [0, 0.05) is 18.9 Å². The summed E-state index contributed by atoms with van der Waals surface area (Å²) in [7, 11) is 3.24. The monoisotopic (exact) mass is 550 g/mol. The van der Waals surface area contributed by atoms with E-state index in [2.05, 4.69) is 9.98 Å². The molecule has 0 heterocycles. The zero-order valence-corrected chi connectivity index (χ0v) is 22.9. The summed E-state index contributed by atoms with van der Waals surface area (Å²) in [4.78, 5) is 33.5.